The minimum absolute atomic E-state index is 0.502. The van der Waals surface area contributed by atoms with Crippen molar-refractivity contribution in [2.45, 2.75) is 20.8 Å². The molecule has 0 aliphatic heterocycles. The average Bonchev–Trinajstić information content (AvgIpc) is 3.09. The maximum absolute atomic E-state index is 6.45. The Morgan fingerprint density at radius 1 is 1.11 bits per heavy atom. The van der Waals surface area contributed by atoms with Gasteiger partial charge < -0.3 is 16.0 Å². The van der Waals surface area contributed by atoms with E-state index in [-0.39, 0.29) is 0 Å². The van der Waals surface area contributed by atoms with Crippen molar-refractivity contribution >= 4 is 49.7 Å². The van der Waals surface area contributed by atoms with Crippen LogP contribution in [0.4, 0.5) is 28.1 Å². The first-order valence-electron chi connectivity index (χ1n) is 9.14. The third-order valence-electron chi connectivity index (χ3n) is 4.59. The molecule has 0 fully saturated rings. The number of anilines is 5. The maximum Gasteiger partial charge on any atom is 0.189 e. The number of para-hydroxylation sites is 1. The van der Waals surface area contributed by atoms with Crippen molar-refractivity contribution in [2.24, 2.45) is 0 Å². The van der Waals surface area contributed by atoms with Gasteiger partial charge in [0.05, 0.1) is 10.2 Å². The molecule has 2 heterocycles. The van der Waals surface area contributed by atoms with Gasteiger partial charge in [-0.15, -0.1) is 0 Å². The van der Waals surface area contributed by atoms with E-state index in [9.17, 15) is 0 Å². The third kappa shape index (κ3) is 3.36. The molecule has 4 aromatic rings. The summed E-state index contributed by atoms with van der Waals surface area (Å²) in [6.07, 6.45) is 1.53. The Bertz CT molecular complexity index is 1140. The van der Waals surface area contributed by atoms with Crippen molar-refractivity contribution in [3.8, 4) is 0 Å². The molecule has 0 spiro atoms. The summed E-state index contributed by atoms with van der Waals surface area (Å²) in [4.78, 5) is 15.6. The summed E-state index contributed by atoms with van der Waals surface area (Å²) < 4.78 is 1.13. The second kappa shape index (κ2) is 7.44. The summed E-state index contributed by atoms with van der Waals surface area (Å²) in [5.74, 6) is 1.25. The molecular formula is C21H22N6S. The van der Waals surface area contributed by atoms with E-state index in [0.717, 1.165) is 33.1 Å². The zero-order valence-electron chi connectivity index (χ0n) is 16.1. The number of nitrogen functional groups attached to an aromatic ring is 1. The molecule has 0 radical (unpaired) electrons. The van der Waals surface area contributed by atoms with Gasteiger partial charge in [-0.25, -0.2) is 15.0 Å². The summed E-state index contributed by atoms with van der Waals surface area (Å²) >= 11 is 1.58. The molecule has 0 atom stereocenters. The van der Waals surface area contributed by atoms with E-state index in [4.69, 9.17) is 10.7 Å². The summed E-state index contributed by atoms with van der Waals surface area (Å²) in [5.41, 5.74) is 11.3. The lowest BCUT2D eigenvalue weighted by atomic mass is 10.2. The van der Waals surface area contributed by atoms with E-state index in [1.165, 1.54) is 11.9 Å². The minimum atomic E-state index is 0.502. The molecule has 0 saturated carbocycles. The summed E-state index contributed by atoms with van der Waals surface area (Å²) in [6.45, 7) is 6.95. The van der Waals surface area contributed by atoms with E-state index in [0.29, 0.717) is 17.3 Å². The number of nitrogens with one attached hydrogen (secondary N) is 1. The Morgan fingerprint density at radius 2 is 1.93 bits per heavy atom. The second-order valence-electron chi connectivity index (χ2n) is 6.61. The quantitative estimate of drug-likeness (QED) is 0.488. The van der Waals surface area contributed by atoms with Crippen LogP contribution in [0.1, 0.15) is 18.1 Å². The topological polar surface area (TPSA) is 80.0 Å². The number of hydrogen-bond donors (Lipinski definition) is 2. The van der Waals surface area contributed by atoms with Crippen LogP contribution < -0.4 is 16.0 Å². The van der Waals surface area contributed by atoms with Crippen molar-refractivity contribution in [1.29, 1.82) is 0 Å². The molecule has 0 unspecified atom stereocenters. The molecule has 142 valence electrons. The van der Waals surface area contributed by atoms with Gasteiger partial charge in [-0.05, 0) is 50.1 Å². The van der Waals surface area contributed by atoms with Crippen molar-refractivity contribution in [3.63, 3.8) is 0 Å². The second-order valence-corrected chi connectivity index (χ2v) is 7.64. The van der Waals surface area contributed by atoms with Crippen LogP contribution in [-0.4, -0.2) is 21.5 Å². The normalized spacial score (nSPS) is 11.0. The fourth-order valence-corrected chi connectivity index (χ4v) is 4.14. The highest BCUT2D eigenvalue weighted by molar-refractivity contribution is 7.22. The zero-order valence-corrected chi connectivity index (χ0v) is 16.9. The first kappa shape index (κ1) is 18.2. The number of hydrogen-bond acceptors (Lipinski definition) is 7. The van der Waals surface area contributed by atoms with E-state index < -0.39 is 0 Å². The van der Waals surface area contributed by atoms with Gasteiger partial charge in [-0.2, -0.15) is 0 Å². The predicted octanol–water partition coefficient (Wildman–Crippen LogP) is 5.19. The predicted molar refractivity (Wildman–Crippen MR) is 118 cm³/mol. The van der Waals surface area contributed by atoms with Crippen LogP contribution >= 0.6 is 11.3 Å². The van der Waals surface area contributed by atoms with Gasteiger partial charge in [-0.1, -0.05) is 35.6 Å². The highest BCUT2D eigenvalue weighted by Gasteiger charge is 2.17. The fourth-order valence-electron chi connectivity index (χ4n) is 3.19. The lowest BCUT2D eigenvalue weighted by Gasteiger charge is -2.24. The van der Waals surface area contributed by atoms with Crippen LogP contribution in [-0.2, 0) is 0 Å². The van der Waals surface area contributed by atoms with Gasteiger partial charge in [0.1, 0.15) is 12.0 Å². The molecule has 4 rings (SSSR count). The number of aromatic nitrogens is 3. The van der Waals surface area contributed by atoms with E-state index in [2.05, 4.69) is 71.3 Å². The van der Waals surface area contributed by atoms with Gasteiger partial charge in [-0.3, -0.25) is 0 Å². The number of aryl methyl sites for hydroxylation is 2. The Labute approximate surface area is 168 Å². The highest BCUT2D eigenvalue weighted by atomic mass is 32.1. The Kier molecular flexibility index (Phi) is 4.83. The Balaban J connectivity index is 1.70. The van der Waals surface area contributed by atoms with Gasteiger partial charge >= 0.3 is 0 Å². The Morgan fingerprint density at radius 3 is 2.68 bits per heavy atom. The van der Waals surface area contributed by atoms with Gasteiger partial charge in [0.2, 0.25) is 0 Å². The van der Waals surface area contributed by atoms with Crippen LogP contribution in [0.2, 0.25) is 0 Å². The molecule has 0 bridgehead atoms. The molecule has 28 heavy (non-hydrogen) atoms. The van der Waals surface area contributed by atoms with Crippen LogP contribution in [0.3, 0.4) is 0 Å². The molecule has 0 aliphatic carbocycles. The average molecular weight is 391 g/mol. The van der Waals surface area contributed by atoms with Crippen molar-refractivity contribution in [2.75, 3.05) is 22.5 Å². The third-order valence-corrected chi connectivity index (χ3v) is 5.53. The fraction of sp³-hybridized carbons (Fsp3) is 0.190. The summed E-state index contributed by atoms with van der Waals surface area (Å²) in [5, 5.41) is 4.04. The van der Waals surface area contributed by atoms with Crippen LogP contribution in [0.5, 0.6) is 0 Å². The van der Waals surface area contributed by atoms with Gasteiger partial charge in [0.15, 0.2) is 16.8 Å². The minimum Gasteiger partial charge on any atom is -0.393 e. The molecule has 2 aromatic heterocycles. The largest absolute Gasteiger partial charge is 0.393 e. The SMILES string of the molecule is CCN(c1cccc(C)c1)c1ncnc(Nc2nc3c(C)cccc3s2)c1N. The van der Waals surface area contributed by atoms with Gasteiger partial charge in [0.25, 0.3) is 0 Å². The smallest absolute Gasteiger partial charge is 0.189 e. The van der Waals surface area contributed by atoms with E-state index >= 15 is 0 Å². The summed E-state index contributed by atoms with van der Waals surface area (Å²) in [6, 6.07) is 14.4. The zero-order chi connectivity index (χ0) is 19.7. The first-order chi connectivity index (χ1) is 13.6. The summed E-state index contributed by atoms with van der Waals surface area (Å²) in [7, 11) is 0. The molecule has 0 amide bonds. The number of thiazole rings is 1. The van der Waals surface area contributed by atoms with E-state index in [1.54, 1.807) is 11.3 Å². The number of benzene rings is 2. The standard InChI is InChI=1S/C21H22N6S/c1-4-27(15-9-5-7-13(2)11-15)20-17(22)19(23-12-24-20)26-21-25-18-14(3)8-6-10-16(18)28-21/h5-12H,4,22H2,1-3H3,(H,23,24,25,26). The molecule has 0 aliphatic rings. The lowest BCUT2D eigenvalue weighted by molar-refractivity contribution is 0.979. The number of nitrogens with zero attached hydrogens (tertiary/aromatic N) is 4. The molecule has 2 aromatic carbocycles. The van der Waals surface area contributed by atoms with Crippen molar-refractivity contribution < 1.29 is 0 Å². The number of nitrogens with two attached hydrogens (primary N) is 1. The van der Waals surface area contributed by atoms with Crippen LogP contribution in [0.25, 0.3) is 10.2 Å². The number of fused-ring (bicyclic) bond motifs is 1. The maximum atomic E-state index is 6.45. The van der Waals surface area contributed by atoms with Crippen LogP contribution in [0.15, 0.2) is 48.8 Å². The molecular weight excluding hydrogens is 368 g/mol. The lowest BCUT2D eigenvalue weighted by Crippen LogP contribution is -2.20. The van der Waals surface area contributed by atoms with Crippen molar-refractivity contribution in [3.05, 3.63) is 59.9 Å². The Hall–Kier alpha value is -3.19. The highest BCUT2D eigenvalue weighted by Crippen LogP contribution is 2.35. The molecule has 6 nitrogen and oxygen atoms in total. The molecule has 7 heteroatoms. The molecule has 3 N–H and O–H groups in total. The van der Waals surface area contributed by atoms with Crippen molar-refractivity contribution in [1.82, 2.24) is 15.0 Å². The number of rotatable bonds is 5. The molecule has 0 saturated heterocycles. The monoisotopic (exact) mass is 390 g/mol. The van der Waals surface area contributed by atoms with Gasteiger partial charge in [0, 0.05) is 12.2 Å². The van der Waals surface area contributed by atoms with Crippen LogP contribution in [0, 0.1) is 13.8 Å². The first-order valence-corrected chi connectivity index (χ1v) is 9.96. The van der Waals surface area contributed by atoms with E-state index in [1.807, 2.05) is 12.1 Å².